The minimum atomic E-state index is -0.101. The molecule has 6 heteroatoms. The number of hydrogen-bond donors (Lipinski definition) is 1. The van der Waals surface area contributed by atoms with E-state index in [1.807, 2.05) is 4.90 Å². The predicted octanol–water partition coefficient (Wildman–Crippen LogP) is -0.626. The van der Waals surface area contributed by atoms with Gasteiger partial charge in [-0.05, 0) is 6.92 Å². The van der Waals surface area contributed by atoms with Crippen LogP contribution in [0.15, 0.2) is 17.2 Å². The molecule has 0 bridgehead atoms. The van der Waals surface area contributed by atoms with Gasteiger partial charge >= 0.3 is 0 Å². The summed E-state index contributed by atoms with van der Waals surface area (Å²) in [5.74, 6) is 0.101. The molecule has 2 heterocycles. The number of amides is 1. The summed E-state index contributed by atoms with van der Waals surface area (Å²) in [6.45, 7) is 5.36. The SMILES string of the molecule is Cc1cc(=O)n(CCC(=O)N2CCNCC2)cn1. The Morgan fingerprint density at radius 3 is 2.83 bits per heavy atom. The van der Waals surface area contributed by atoms with E-state index in [0.717, 1.165) is 26.2 Å². The lowest BCUT2D eigenvalue weighted by molar-refractivity contribution is -0.132. The van der Waals surface area contributed by atoms with Crippen LogP contribution in [0.25, 0.3) is 0 Å². The fraction of sp³-hybridized carbons (Fsp3) is 0.583. The number of aromatic nitrogens is 2. The minimum absolute atomic E-state index is 0.101. The lowest BCUT2D eigenvalue weighted by Crippen LogP contribution is -2.46. The summed E-state index contributed by atoms with van der Waals surface area (Å²) in [5, 5.41) is 3.20. The van der Waals surface area contributed by atoms with E-state index in [0.29, 0.717) is 18.7 Å². The molecule has 1 saturated heterocycles. The second kappa shape index (κ2) is 5.77. The van der Waals surface area contributed by atoms with Crippen molar-refractivity contribution in [2.24, 2.45) is 0 Å². The predicted molar refractivity (Wildman–Crippen MR) is 67.3 cm³/mol. The van der Waals surface area contributed by atoms with Crippen LogP contribution in [-0.2, 0) is 11.3 Å². The van der Waals surface area contributed by atoms with E-state index >= 15 is 0 Å². The summed E-state index contributed by atoms with van der Waals surface area (Å²) in [7, 11) is 0. The number of rotatable bonds is 3. The molecule has 0 atom stereocenters. The third-order valence-electron chi connectivity index (χ3n) is 3.05. The Bertz CT molecular complexity index is 477. The van der Waals surface area contributed by atoms with Crippen molar-refractivity contribution in [3.05, 3.63) is 28.4 Å². The third-order valence-corrected chi connectivity index (χ3v) is 3.05. The van der Waals surface area contributed by atoms with Crippen LogP contribution in [-0.4, -0.2) is 46.5 Å². The summed E-state index contributed by atoms with van der Waals surface area (Å²) in [5.41, 5.74) is 0.597. The summed E-state index contributed by atoms with van der Waals surface area (Å²) < 4.78 is 1.48. The molecule has 1 fully saturated rings. The third kappa shape index (κ3) is 3.16. The average molecular weight is 250 g/mol. The Hall–Kier alpha value is -1.69. The minimum Gasteiger partial charge on any atom is -0.340 e. The highest BCUT2D eigenvalue weighted by molar-refractivity contribution is 5.76. The molecule has 1 N–H and O–H groups in total. The molecule has 1 aromatic heterocycles. The summed E-state index contributed by atoms with van der Waals surface area (Å²) >= 11 is 0. The fourth-order valence-corrected chi connectivity index (χ4v) is 1.97. The number of carbonyl (C=O) groups is 1. The lowest BCUT2D eigenvalue weighted by atomic mass is 10.3. The van der Waals surface area contributed by atoms with Gasteiger partial charge in [0, 0.05) is 50.9 Å². The molecule has 1 amide bonds. The van der Waals surface area contributed by atoms with Crippen LogP contribution in [0.3, 0.4) is 0 Å². The first-order valence-corrected chi connectivity index (χ1v) is 6.18. The molecule has 0 aliphatic carbocycles. The van der Waals surface area contributed by atoms with Crippen LogP contribution in [0.2, 0.25) is 0 Å². The first-order valence-electron chi connectivity index (χ1n) is 6.18. The van der Waals surface area contributed by atoms with E-state index in [-0.39, 0.29) is 11.5 Å². The number of carbonyl (C=O) groups excluding carboxylic acids is 1. The van der Waals surface area contributed by atoms with Gasteiger partial charge in [-0.2, -0.15) is 0 Å². The Morgan fingerprint density at radius 2 is 2.17 bits per heavy atom. The zero-order valence-electron chi connectivity index (χ0n) is 10.6. The van der Waals surface area contributed by atoms with Gasteiger partial charge in [0.25, 0.3) is 5.56 Å². The van der Waals surface area contributed by atoms with Crippen molar-refractivity contribution in [2.45, 2.75) is 19.9 Å². The van der Waals surface area contributed by atoms with E-state index in [9.17, 15) is 9.59 Å². The van der Waals surface area contributed by atoms with Gasteiger partial charge in [-0.1, -0.05) is 0 Å². The van der Waals surface area contributed by atoms with E-state index in [1.54, 1.807) is 6.92 Å². The van der Waals surface area contributed by atoms with Gasteiger partial charge in [0.15, 0.2) is 0 Å². The van der Waals surface area contributed by atoms with Crippen molar-refractivity contribution >= 4 is 5.91 Å². The number of aryl methyl sites for hydroxylation is 2. The lowest BCUT2D eigenvalue weighted by Gasteiger charge is -2.27. The Morgan fingerprint density at radius 1 is 1.44 bits per heavy atom. The molecule has 18 heavy (non-hydrogen) atoms. The van der Waals surface area contributed by atoms with Gasteiger partial charge in [0.05, 0.1) is 6.33 Å². The number of hydrogen-bond acceptors (Lipinski definition) is 4. The smallest absolute Gasteiger partial charge is 0.253 e. The van der Waals surface area contributed by atoms with Crippen molar-refractivity contribution in [3.8, 4) is 0 Å². The second-order valence-electron chi connectivity index (χ2n) is 4.44. The van der Waals surface area contributed by atoms with Crippen LogP contribution in [0.5, 0.6) is 0 Å². The topological polar surface area (TPSA) is 67.2 Å². The Kier molecular flexibility index (Phi) is 4.09. The maximum atomic E-state index is 11.9. The quantitative estimate of drug-likeness (QED) is 0.776. The van der Waals surface area contributed by atoms with E-state index in [4.69, 9.17) is 0 Å². The van der Waals surface area contributed by atoms with Crippen LogP contribution in [0.1, 0.15) is 12.1 Å². The van der Waals surface area contributed by atoms with Crippen molar-refractivity contribution in [1.82, 2.24) is 19.8 Å². The molecule has 1 aliphatic rings. The normalized spacial score (nSPS) is 15.7. The van der Waals surface area contributed by atoms with E-state index in [2.05, 4.69) is 10.3 Å². The largest absolute Gasteiger partial charge is 0.340 e. The van der Waals surface area contributed by atoms with Gasteiger partial charge in [0.2, 0.25) is 5.91 Å². The zero-order valence-corrected chi connectivity index (χ0v) is 10.6. The average Bonchev–Trinajstić information content (AvgIpc) is 2.38. The standard InChI is InChI=1S/C12H18N4O2/c1-10-8-12(18)16(9-14-10)5-2-11(17)15-6-3-13-4-7-15/h8-9,13H,2-7H2,1H3. The summed E-state index contributed by atoms with van der Waals surface area (Å²) in [6.07, 6.45) is 1.85. The number of nitrogens with zero attached hydrogens (tertiary/aromatic N) is 3. The van der Waals surface area contributed by atoms with Gasteiger partial charge in [-0.25, -0.2) is 4.98 Å². The van der Waals surface area contributed by atoms with E-state index < -0.39 is 0 Å². The van der Waals surface area contributed by atoms with Crippen molar-refractivity contribution < 1.29 is 4.79 Å². The van der Waals surface area contributed by atoms with Gasteiger partial charge in [0.1, 0.15) is 0 Å². The molecule has 1 aromatic rings. The van der Waals surface area contributed by atoms with E-state index in [1.165, 1.54) is 17.0 Å². The monoisotopic (exact) mass is 250 g/mol. The first-order chi connectivity index (χ1) is 8.66. The molecule has 0 radical (unpaired) electrons. The van der Waals surface area contributed by atoms with Crippen molar-refractivity contribution in [1.29, 1.82) is 0 Å². The van der Waals surface area contributed by atoms with Crippen LogP contribution < -0.4 is 10.9 Å². The first kappa shape index (κ1) is 12.8. The summed E-state index contributed by atoms with van der Waals surface area (Å²) in [4.78, 5) is 29.4. The van der Waals surface area contributed by atoms with Crippen LogP contribution >= 0.6 is 0 Å². The Labute approximate surface area is 106 Å². The van der Waals surface area contributed by atoms with Gasteiger partial charge in [-0.15, -0.1) is 0 Å². The van der Waals surface area contributed by atoms with Gasteiger partial charge in [-0.3, -0.25) is 14.2 Å². The van der Waals surface area contributed by atoms with Gasteiger partial charge < -0.3 is 10.2 Å². The summed E-state index contributed by atoms with van der Waals surface area (Å²) in [6, 6.07) is 1.48. The molecule has 2 rings (SSSR count). The Balaban J connectivity index is 1.90. The molecule has 0 unspecified atom stereocenters. The highest BCUT2D eigenvalue weighted by atomic mass is 16.2. The molecule has 6 nitrogen and oxygen atoms in total. The van der Waals surface area contributed by atoms with Crippen molar-refractivity contribution in [3.63, 3.8) is 0 Å². The number of piperazine rings is 1. The van der Waals surface area contributed by atoms with Crippen molar-refractivity contribution in [2.75, 3.05) is 26.2 Å². The highest BCUT2D eigenvalue weighted by Gasteiger charge is 2.15. The zero-order chi connectivity index (χ0) is 13.0. The maximum Gasteiger partial charge on any atom is 0.253 e. The molecule has 1 aliphatic heterocycles. The molecule has 0 spiro atoms. The maximum absolute atomic E-state index is 11.9. The molecule has 0 saturated carbocycles. The molecular weight excluding hydrogens is 232 g/mol. The number of nitrogens with one attached hydrogen (secondary N) is 1. The molecular formula is C12H18N4O2. The molecule has 0 aromatic carbocycles. The second-order valence-corrected chi connectivity index (χ2v) is 4.44. The highest BCUT2D eigenvalue weighted by Crippen LogP contribution is 1.98. The fourth-order valence-electron chi connectivity index (χ4n) is 1.97. The van der Waals surface area contributed by atoms with Crippen LogP contribution in [0.4, 0.5) is 0 Å². The molecule has 98 valence electrons. The van der Waals surface area contributed by atoms with Crippen LogP contribution in [0, 0.1) is 6.92 Å².